The van der Waals surface area contributed by atoms with Crippen molar-refractivity contribution in [2.45, 2.75) is 20.0 Å². The van der Waals surface area contributed by atoms with Gasteiger partial charge in [-0.1, -0.05) is 12.1 Å². The van der Waals surface area contributed by atoms with Crippen LogP contribution in [0.5, 0.6) is 0 Å². The van der Waals surface area contributed by atoms with E-state index in [2.05, 4.69) is 15.4 Å². The van der Waals surface area contributed by atoms with Crippen molar-refractivity contribution in [3.8, 4) is 0 Å². The van der Waals surface area contributed by atoms with E-state index in [1.54, 1.807) is 19.1 Å². The number of esters is 1. The molecule has 0 saturated heterocycles. The minimum atomic E-state index is -4.46. The van der Waals surface area contributed by atoms with E-state index >= 15 is 0 Å². The second kappa shape index (κ2) is 8.11. The van der Waals surface area contributed by atoms with E-state index in [1.807, 2.05) is 0 Å². The number of amides is 1. The molecule has 8 heteroatoms. The molecule has 2 N–H and O–H groups in total. The molecule has 0 fully saturated rings. The van der Waals surface area contributed by atoms with Gasteiger partial charge in [-0.2, -0.15) is 13.2 Å². The van der Waals surface area contributed by atoms with E-state index in [0.717, 1.165) is 11.6 Å². The van der Waals surface area contributed by atoms with Crippen molar-refractivity contribution >= 4 is 23.3 Å². The number of rotatable bonds is 5. The van der Waals surface area contributed by atoms with Crippen molar-refractivity contribution < 1.29 is 27.5 Å². The average Bonchev–Trinajstić information content (AvgIpc) is 2.61. The Hall–Kier alpha value is -3.03. The molecule has 0 bridgehead atoms. The number of carbonyl (C=O) groups is 2. The SMILES string of the molecule is COC(=O)c1ccc(C)c(NC(=O)CNc2ccc(C)c(C(F)(F)F)c2)c1. The van der Waals surface area contributed by atoms with Gasteiger partial charge in [-0.05, 0) is 49.2 Å². The highest BCUT2D eigenvalue weighted by atomic mass is 19.4. The van der Waals surface area contributed by atoms with Gasteiger partial charge in [-0.15, -0.1) is 0 Å². The van der Waals surface area contributed by atoms with Crippen molar-refractivity contribution in [1.82, 2.24) is 0 Å². The number of carbonyl (C=O) groups excluding carboxylic acids is 2. The maximum atomic E-state index is 12.9. The lowest BCUT2D eigenvalue weighted by Gasteiger charge is -2.14. The molecule has 0 unspecified atom stereocenters. The predicted molar refractivity (Wildman–Crippen MR) is 95.8 cm³/mol. The summed E-state index contributed by atoms with van der Waals surface area (Å²) in [5.41, 5.74) is 0.959. The zero-order valence-electron chi connectivity index (χ0n) is 15.0. The molecule has 0 saturated carbocycles. The molecule has 0 aliphatic rings. The Morgan fingerprint density at radius 3 is 2.33 bits per heavy atom. The first-order valence-corrected chi connectivity index (χ1v) is 8.02. The second-order valence-corrected chi connectivity index (χ2v) is 5.95. The van der Waals surface area contributed by atoms with Gasteiger partial charge in [-0.3, -0.25) is 4.79 Å². The first-order chi connectivity index (χ1) is 12.6. The van der Waals surface area contributed by atoms with E-state index in [4.69, 9.17) is 0 Å². The summed E-state index contributed by atoms with van der Waals surface area (Å²) in [4.78, 5) is 23.7. The number of hydrogen-bond donors (Lipinski definition) is 2. The predicted octanol–water partition coefficient (Wildman–Crippen LogP) is 4.16. The summed E-state index contributed by atoms with van der Waals surface area (Å²) >= 11 is 0. The zero-order valence-corrected chi connectivity index (χ0v) is 15.0. The number of nitrogens with one attached hydrogen (secondary N) is 2. The van der Waals surface area contributed by atoms with Crippen molar-refractivity contribution in [2.24, 2.45) is 0 Å². The molecule has 0 aliphatic heterocycles. The van der Waals surface area contributed by atoms with E-state index in [9.17, 15) is 22.8 Å². The summed E-state index contributed by atoms with van der Waals surface area (Å²) < 4.78 is 43.5. The summed E-state index contributed by atoms with van der Waals surface area (Å²) in [6.07, 6.45) is -4.46. The third kappa shape index (κ3) is 5.22. The van der Waals surface area contributed by atoms with Gasteiger partial charge in [0.15, 0.2) is 0 Å². The first-order valence-electron chi connectivity index (χ1n) is 8.02. The Balaban J connectivity index is 2.06. The van der Waals surface area contributed by atoms with Crippen LogP contribution in [0, 0.1) is 13.8 Å². The van der Waals surface area contributed by atoms with Crippen molar-refractivity contribution in [3.05, 3.63) is 58.7 Å². The topological polar surface area (TPSA) is 67.4 Å². The third-order valence-electron chi connectivity index (χ3n) is 3.93. The van der Waals surface area contributed by atoms with Gasteiger partial charge in [0.25, 0.3) is 0 Å². The molecule has 27 heavy (non-hydrogen) atoms. The van der Waals surface area contributed by atoms with E-state index in [-0.39, 0.29) is 23.4 Å². The zero-order chi connectivity index (χ0) is 20.2. The van der Waals surface area contributed by atoms with Gasteiger partial charge in [0, 0.05) is 11.4 Å². The van der Waals surface area contributed by atoms with Crippen molar-refractivity contribution in [3.63, 3.8) is 0 Å². The Bertz CT molecular complexity index is 864. The number of hydrogen-bond acceptors (Lipinski definition) is 4. The molecule has 0 aliphatic carbocycles. The maximum absolute atomic E-state index is 12.9. The number of alkyl halides is 3. The maximum Gasteiger partial charge on any atom is 0.416 e. The number of anilines is 2. The van der Waals surface area contributed by atoms with Gasteiger partial charge in [0.1, 0.15) is 0 Å². The molecule has 0 heterocycles. The van der Waals surface area contributed by atoms with Crippen LogP contribution in [0.15, 0.2) is 36.4 Å². The Morgan fingerprint density at radius 2 is 1.70 bits per heavy atom. The fourth-order valence-corrected chi connectivity index (χ4v) is 2.42. The monoisotopic (exact) mass is 380 g/mol. The minimum Gasteiger partial charge on any atom is -0.465 e. The minimum absolute atomic E-state index is 0.104. The van der Waals surface area contributed by atoms with E-state index < -0.39 is 23.6 Å². The van der Waals surface area contributed by atoms with Crippen LogP contribution in [0.25, 0.3) is 0 Å². The van der Waals surface area contributed by atoms with Gasteiger partial charge in [0.2, 0.25) is 5.91 Å². The van der Waals surface area contributed by atoms with Crippen LogP contribution in [0.4, 0.5) is 24.5 Å². The summed E-state index contributed by atoms with van der Waals surface area (Å²) in [7, 11) is 1.25. The van der Waals surface area contributed by atoms with Gasteiger partial charge < -0.3 is 15.4 Å². The van der Waals surface area contributed by atoms with Crippen LogP contribution >= 0.6 is 0 Å². The highest BCUT2D eigenvalue weighted by molar-refractivity contribution is 5.97. The molecule has 0 radical (unpaired) electrons. The van der Waals surface area contributed by atoms with Crippen LogP contribution in [-0.2, 0) is 15.7 Å². The third-order valence-corrected chi connectivity index (χ3v) is 3.93. The highest BCUT2D eigenvalue weighted by Crippen LogP contribution is 2.33. The highest BCUT2D eigenvalue weighted by Gasteiger charge is 2.32. The van der Waals surface area contributed by atoms with Crippen LogP contribution < -0.4 is 10.6 Å². The number of benzene rings is 2. The summed E-state index contributed by atoms with van der Waals surface area (Å²) in [5, 5.41) is 5.29. The first kappa shape index (κ1) is 20.3. The molecule has 2 rings (SSSR count). The molecular formula is C19H19F3N2O3. The van der Waals surface area contributed by atoms with Crippen LogP contribution in [0.2, 0.25) is 0 Å². The Kier molecular flexibility index (Phi) is 6.09. The molecule has 1 amide bonds. The lowest BCUT2D eigenvalue weighted by atomic mass is 10.1. The molecule has 0 atom stereocenters. The molecule has 0 spiro atoms. The lowest BCUT2D eigenvalue weighted by Crippen LogP contribution is -2.22. The summed E-state index contributed by atoms with van der Waals surface area (Å²) in [6.45, 7) is 2.89. The molecule has 0 aromatic heterocycles. The largest absolute Gasteiger partial charge is 0.465 e. The normalized spacial score (nSPS) is 11.0. The summed E-state index contributed by atoms with van der Waals surface area (Å²) in [6, 6.07) is 8.48. The van der Waals surface area contributed by atoms with Crippen molar-refractivity contribution in [1.29, 1.82) is 0 Å². The molecule has 2 aromatic carbocycles. The van der Waals surface area contributed by atoms with Gasteiger partial charge >= 0.3 is 12.1 Å². The quantitative estimate of drug-likeness (QED) is 0.765. The van der Waals surface area contributed by atoms with Crippen LogP contribution in [-0.4, -0.2) is 25.5 Å². The number of halogens is 3. The molecular weight excluding hydrogens is 361 g/mol. The van der Waals surface area contributed by atoms with E-state index in [1.165, 1.54) is 32.2 Å². The number of methoxy groups -OCH3 is 1. The summed E-state index contributed by atoms with van der Waals surface area (Å²) in [5.74, 6) is -1.00. The van der Waals surface area contributed by atoms with Gasteiger partial charge in [-0.25, -0.2) is 4.79 Å². The number of aryl methyl sites for hydroxylation is 2. The smallest absolute Gasteiger partial charge is 0.416 e. The molecule has 2 aromatic rings. The standard InChI is InChI=1S/C19H19F3N2O3/c1-11-5-7-14(9-15(11)19(20,21)22)23-10-17(25)24-16-8-13(18(26)27-3)6-4-12(16)2/h4-9,23H,10H2,1-3H3,(H,24,25). The molecule has 144 valence electrons. The lowest BCUT2D eigenvalue weighted by molar-refractivity contribution is -0.138. The Morgan fingerprint density at radius 1 is 1.04 bits per heavy atom. The second-order valence-electron chi connectivity index (χ2n) is 5.95. The Labute approximate surface area is 154 Å². The average molecular weight is 380 g/mol. The van der Waals surface area contributed by atoms with Crippen molar-refractivity contribution in [2.75, 3.05) is 24.3 Å². The van der Waals surface area contributed by atoms with E-state index in [0.29, 0.717) is 5.69 Å². The fraction of sp³-hybridized carbons (Fsp3) is 0.263. The molecule has 5 nitrogen and oxygen atoms in total. The van der Waals surface area contributed by atoms with Crippen LogP contribution in [0.3, 0.4) is 0 Å². The van der Waals surface area contributed by atoms with Gasteiger partial charge in [0.05, 0.1) is 24.8 Å². The fourth-order valence-electron chi connectivity index (χ4n) is 2.42. The van der Waals surface area contributed by atoms with Crippen LogP contribution in [0.1, 0.15) is 27.0 Å². The number of ether oxygens (including phenoxy) is 1.